The van der Waals surface area contributed by atoms with Crippen molar-refractivity contribution in [1.29, 1.82) is 0 Å². The maximum absolute atomic E-state index is 6.70. The number of hydrogen-bond donors (Lipinski definition) is 0. The Morgan fingerprint density at radius 2 is 2.00 bits per heavy atom. The average Bonchev–Trinajstić information content (AvgIpc) is 2.95. The summed E-state index contributed by atoms with van der Waals surface area (Å²) in [5.74, 6) is 1.06. The van der Waals surface area contributed by atoms with Crippen molar-refractivity contribution in [2.24, 2.45) is 0 Å². The van der Waals surface area contributed by atoms with Crippen molar-refractivity contribution in [3.8, 4) is 0 Å². The first-order valence-corrected chi connectivity index (χ1v) is 9.72. The molecule has 4 nitrogen and oxygen atoms in total. The quantitative estimate of drug-likeness (QED) is 0.786. The number of fused-ring (bicyclic) bond motifs is 2. The van der Waals surface area contributed by atoms with Gasteiger partial charge in [0.1, 0.15) is 11.9 Å². The Labute approximate surface area is 156 Å². The largest absolute Gasteiger partial charge is 0.362 e. The number of piperidine rings is 1. The molecule has 1 aromatic heterocycles. The highest BCUT2D eigenvalue weighted by Gasteiger charge is 2.30. The lowest BCUT2D eigenvalue weighted by atomic mass is 10.00. The number of aromatic nitrogens is 2. The second kappa shape index (κ2) is 7.37. The minimum atomic E-state index is -0.0685. The van der Waals surface area contributed by atoms with Gasteiger partial charge in [-0.1, -0.05) is 36.4 Å². The third-order valence-corrected chi connectivity index (χ3v) is 5.53. The van der Waals surface area contributed by atoms with Gasteiger partial charge >= 0.3 is 0 Å². The van der Waals surface area contributed by atoms with E-state index in [1.54, 1.807) is 0 Å². The molecule has 0 spiro atoms. The molecule has 0 N–H and O–H groups in total. The molecule has 2 aliphatic heterocycles. The Morgan fingerprint density at radius 1 is 1.23 bits per heavy atom. The van der Waals surface area contributed by atoms with E-state index in [2.05, 4.69) is 60.5 Å². The summed E-state index contributed by atoms with van der Waals surface area (Å²) in [6, 6.07) is 8.71. The summed E-state index contributed by atoms with van der Waals surface area (Å²) in [6.07, 6.45) is 6.48. The molecular weight excluding hydrogens is 322 g/mol. The van der Waals surface area contributed by atoms with Gasteiger partial charge in [0, 0.05) is 32.3 Å². The van der Waals surface area contributed by atoms with Crippen LogP contribution in [0.3, 0.4) is 0 Å². The van der Waals surface area contributed by atoms with Crippen LogP contribution in [0.4, 0.5) is 0 Å². The number of allylic oxidation sites excluding steroid dienone is 1. The summed E-state index contributed by atoms with van der Waals surface area (Å²) in [5.41, 5.74) is 4.92. The summed E-state index contributed by atoms with van der Waals surface area (Å²) in [6.45, 7) is 9.28. The third kappa shape index (κ3) is 3.62. The van der Waals surface area contributed by atoms with Gasteiger partial charge in [-0.05, 0) is 44.4 Å². The van der Waals surface area contributed by atoms with E-state index in [4.69, 9.17) is 9.72 Å². The molecule has 2 aliphatic rings. The number of likely N-dealkylation sites (tertiary alicyclic amines) is 1. The smallest absolute Gasteiger partial charge is 0.142 e. The van der Waals surface area contributed by atoms with Gasteiger partial charge in [-0.3, -0.25) is 0 Å². The van der Waals surface area contributed by atoms with Crippen LogP contribution < -0.4 is 0 Å². The van der Waals surface area contributed by atoms with Crippen LogP contribution in [0, 0.1) is 0 Å². The molecule has 0 radical (unpaired) electrons. The second-order valence-corrected chi connectivity index (χ2v) is 7.89. The molecule has 1 saturated heterocycles. The van der Waals surface area contributed by atoms with E-state index in [1.807, 2.05) is 0 Å². The van der Waals surface area contributed by atoms with Crippen molar-refractivity contribution in [1.82, 2.24) is 14.5 Å². The second-order valence-electron chi connectivity index (χ2n) is 7.89. The number of nitrogens with zero attached hydrogens (tertiary/aromatic N) is 3. The van der Waals surface area contributed by atoms with Crippen molar-refractivity contribution in [2.45, 2.75) is 51.4 Å². The van der Waals surface area contributed by atoms with Gasteiger partial charge in [-0.25, -0.2) is 4.98 Å². The van der Waals surface area contributed by atoms with Crippen molar-refractivity contribution >= 4 is 0 Å². The van der Waals surface area contributed by atoms with E-state index in [0.29, 0.717) is 6.10 Å². The Balaban J connectivity index is 1.67. The van der Waals surface area contributed by atoms with Gasteiger partial charge in [-0.15, -0.1) is 0 Å². The molecule has 4 heteroatoms. The molecule has 1 unspecified atom stereocenters. The van der Waals surface area contributed by atoms with E-state index >= 15 is 0 Å². The van der Waals surface area contributed by atoms with E-state index in [-0.39, 0.29) is 6.10 Å². The SMILES string of the molecule is C=C(C)Cc1cn2c(n1)C(OC1CCN(C)CC1)c1ccccc1CC2. The number of imidazole rings is 1. The fraction of sp³-hybridized carbons (Fsp3) is 0.500. The molecule has 4 rings (SSSR count). The first-order chi connectivity index (χ1) is 12.6. The van der Waals surface area contributed by atoms with Crippen LogP contribution in [0.25, 0.3) is 0 Å². The highest BCUT2D eigenvalue weighted by atomic mass is 16.5. The fourth-order valence-corrected chi connectivity index (χ4v) is 4.11. The zero-order valence-electron chi connectivity index (χ0n) is 15.9. The first-order valence-electron chi connectivity index (χ1n) is 9.72. The molecule has 0 amide bonds. The average molecular weight is 351 g/mol. The standard InChI is InChI=1S/C22H29N3O/c1-16(2)14-18-15-25-13-8-17-6-4-5-7-20(17)21(22(25)23-18)26-19-9-11-24(3)12-10-19/h4-7,15,19,21H,1,8-14H2,2-3H3. The van der Waals surface area contributed by atoms with Gasteiger partial charge in [-0.2, -0.15) is 0 Å². The molecule has 0 aliphatic carbocycles. The predicted molar refractivity (Wildman–Crippen MR) is 104 cm³/mol. The van der Waals surface area contributed by atoms with Crippen molar-refractivity contribution < 1.29 is 4.74 Å². The Kier molecular flexibility index (Phi) is 4.96. The molecule has 26 heavy (non-hydrogen) atoms. The van der Waals surface area contributed by atoms with E-state index < -0.39 is 0 Å². The highest BCUT2D eigenvalue weighted by molar-refractivity contribution is 5.35. The molecule has 2 aromatic rings. The van der Waals surface area contributed by atoms with Crippen molar-refractivity contribution in [2.75, 3.05) is 20.1 Å². The monoisotopic (exact) mass is 351 g/mol. The summed E-state index contributed by atoms with van der Waals surface area (Å²) in [5, 5.41) is 0. The molecule has 0 bridgehead atoms. The molecule has 3 heterocycles. The van der Waals surface area contributed by atoms with Crippen LogP contribution >= 0.6 is 0 Å². The van der Waals surface area contributed by atoms with Crippen LogP contribution in [0.2, 0.25) is 0 Å². The fourth-order valence-electron chi connectivity index (χ4n) is 4.11. The van der Waals surface area contributed by atoms with Crippen LogP contribution in [0.5, 0.6) is 0 Å². The van der Waals surface area contributed by atoms with Gasteiger partial charge in [0.25, 0.3) is 0 Å². The number of ether oxygens (including phenoxy) is 1. The molecule has 0 saturated carbocycles. The summed E-state index contributed by atoms with van der Waals surface area (Å²) < 4.78 is 9.00. The number of benzene rings is 1. The van der Waals surface area contributed by atoms with Gasteiger partial charge in [0.2, 0.25) is 0 Å². The van der Waals surface area contributed by atoms with E-state index in [9.17, 15) is 0 Å². The third-order valence-electron chi connectivity index (χ3n) is 5.53. The zero-order valence-corrected chi connectivity index (χ0v) is 15.9. The number of hydrogen-bond acceptors (Lipinski definition) is 3. The molecule has 1 aromatic carbocycles. The summed E-state index contributed by atoms with van der Waals surface area (Å²) >= 11 is 0. The maximum Gasteiger partial charge on any atom is 0.142 e. The lowest BCUT2D eigenvalue weighted by molar-refractivity contribution is -0.0276. The van der Waals surface area contributed by atoms with Gasteiger partial charge in [0.15, 0.2) is 0 Å². The van der Waals surface area contributed by atoms with E-state index in [0.717, 1.165) is 62.4 Å². The number of rotatable bonds is 4. The Hall–Kier alpha value is -1.91. The first kappa shape index (κ1) is 17.5. The molecular formula is C22H29N3O. The predicted octanol–water partition coefficient (Wildman–Crippen LogP) is 3.76. The van der Waals surface area contributed by atoms with Gasteiger partial charge < -0.3 is 14.2 Å². The minimum absolute atomic E-state index is 0.0685. The Bertz CT molecular complexity index is 786. The van der Waals surface area contributed by atoms with Crippen molar-refractivity contribution in [3.63, 3.8) is 0 Å². The Morgan fingerprint density at radius 3 is 2.77 bits per heavy atom. The zero-order chi connectivity index (χ0) is 18.1. The van der Waals surface area contributed by atoms with Crippen molar-refractivity contribution in [3.05, 3.63) is 65.3 Å². The minimum Gasteiger partial charge on any atom is -0.362 e. The summed E-state index contributed by atoms with van der Waals surface area (Å²) in [4.78, 5) is 7.36. The van der Waals surface area contributed by atoms with Crippen LogP contribution in [-0.2, 0) is 24.1 Å². The molecule has 1 atom stereocenters. The normalized spacial score (nSPS) is 21.1. The molecule has 138 valence electrons. The maximum atomic E-state index is 6.70. The highest BCUT2D eigenvalue weighted by Crippen LogP contribution is 2.34. The van der Waals surface area contributed by atoms with Crippen LogP contribution in [0.15, 0.2) is 42.6 Å². The lowest BCUT2D eigenvalue weighted by Crippen LogP contribution is -2.35. The number of aryl methyl sites for hydroxylation is 2. The topological polar surface area (TPSA) is 30.3 Å². The van der Waals surface area contributed by atoms with Crippen LogP contribution in [0.1, 0.15) is 48.5 Å². The van der Waals surface area contributed by atoms with E-state index in [1.165, 1.54) is 11.1 Å². The lowest BCUT2D eigenvalue weighted by Gasteiger charge is -2.32. The van der Waals surface area contributed by atoms with Crippen LogP contribution in [-0.4, -0.2) is 40.7 Å². The summed E-state index contributed by atoms with van der Waals surface area (Å²) in [7, 11) is 2.19. The van der Waals surface area contributed by atoms with Gasteiger partial charge in [0.05, 0.1) is 11.8 Å². The molecule has 1 fully saturated rings.